The van der Waals surface area contributed by atoms with Gasteiger partial charge in [-0.2, -0.15) is 0 Å². The molecular weight excluding hydrogens is 218 g/mol. The van der Waals surface area contributed by atoms with E-state index in [0.29, 0.717) is 5.69 Å². The fraction of sp³-hybridized carbons (Fsp3) is 0.333. The van der Waals surface area contributed by atoms with Crippen molar-refractivity contribution in [2.75, 3.05) is 11.4 Å². The van der Waals surface area contributed by atoms with Gasteiger partial charge in [0.2, 0.25) is 0 Å². The molecule has 2 amide bonds. The number of piperazine rings is 1. The molecule has 1 aromatic rings. The summed E-state index contributed by atoms with van der Waals surface area (Å²) in [5, 5.41) is 1.73. The highest BCUT2D eigenvalue weighted by Crippen LogP contribution is 2.37. The molecule has 2 aliphatic heterocycles. The average molecular weight is 231 g/mol. The molecule has 0 saturated carbocycles. The number of carbonyl (C=O) groups excluding carboxylic acids is 2. The number of nitrogens with one attached hydrogen (secondary N) is 1. The third-order valence-electron chi connectivity index (χ3n) is 3.11. The summed E-state index contributed by atoms with van der Waals surface area (Å²) in [6.07, 6.45) is 0. The zero-order valence-corrected chi connectivity index (χ0v) is 9.46. The molecule has 5 heteroatoms. The predicted molar refractivity (Wildman–Crippen MR) is 62.0 cm³/mol. The van der Waals surface area contributed by atoms with Crippen LogP contribution in [-0.2, 0) is 9.59 Å². The van der Waals surface area contributed by atoms with Crippen molar-refractivity contribution in [1.29, 1.82) is 0 Å². The van der Waals surface area contributed by atoms with E-state index in [0.717, 1.165) is 6.54 Å². The molecule has 5 nitrogen and oxygen atoms in total. The van der Waals surface area contributed by atoms with E-state index in [1.807, 2.05) is 25.1 Å². The molecule has 1 unspecified atom stereocenters. The number of hydrazine groups is 1. The number of para-hydroxylation sites is 1. The molecule has 2 heterocycles. The Balaban J connectivity index is 1.84. The van der Waals surface area contributed by atoms with Crippen LogP contribution < -0.4 is 10.3 Å². The summed E-state index contributed by atoms with van der Waals surface area (Å²) in [4.78, 5) is 25.4. The fourth-order valence-electron chi connectivity index (χ4n) is 2.32. The third kappa shape index (κ3) is 1.40. The lowest BCUT2D eigenvalue weighted by Gasteiger charge is -2.19. The number of amides is 2. The molecule has 0 aliphatic carbocycles. The first kappa shape index (κ1) is 10.4. The van der Waals surface area contributed by atoms with E-state index in [1.165, 1.54) is 4.90 Å². The summed E-state index contributed by atoms with van der Waals surface area (Å²) >= 11 is 0. The summed E-state index contributed by atoms with van der Waals surface area (Å²) in [5.74, 6) is -0.265. The van der Waals surface area contributed by atoms with Gasteiger partial charge in [-0.1, -0.05) is 25.1 Å². The maximum absolute atomic E-state index is 12.1. The van der Waals surface area contributed by atoms with Crippen LogP contribution in [0.25, 0.3) is 0 Å². The van der Waals surface area contributed by atoms with Gasteiger partial charge in [-0.3, -0.25) is 15.0 Å². The Bertz CT molecular complexity index is 452. The Morgan fingerprint density at radius 1 is 1.12 bits per heavy atom. The Morgan fingerprint density at radius 2 is 1.71 bits per heavy atom. The van der Waals surface area contributed by atoms with Gasteiger partial charge in [0.15, 0.2) is 0 Å². The lowest BCUT2D eigenvalue weighted by Crippen LogP contribution is -2.42. The van der Waals surface area contributed by atoms with E-state index in [9.17, 15) is 9.59 Å². The van der Waals surface area contributed by atoms with E-state index in [4.69, 9.17) is 0 Å². The number of hydrogen-bond acceptors (Lipinski definition) is 4. The van der Waals surface area contributed by atoms with Crippen LogP contribution in [0.2, 0.25) is 0 Å². The van der Waals surface area contributed by atoms with Crippen LogP contribution in [0.1, 0.15) is 6.92 Å². The second kappa shape index (κ2) is 3.65. The van der Waals surface area contributed by atoms with Gasteiger partial charge in [-0.05, 0) is 12.1 Å². The normalized spacial score (nSPS) is 30.6. The topological polar surface area (TPSA) is 52.4 Å². The number of fused-ring (bicyclic) bond motifs is 1. The maximum Gasteiger partial charge on any atom is 0.254 e. The third-order valence-corrected chi connectivity index (χ3v) is 3.11. The van der Waals surface area contributed by atoms with E-state index in [1.54, 1.807) is 17.1 Å². The average Bonchev–Trinajstić information content (AvgIpc) is 2.98. The minimum atomic E-state index is -0.303. The Kier molecular flexibility index (Phi) is 2.24. The molecule has 3 atom stereocenters. The molecule has 17 heavy (non-hydrogen) atoms. The number of nitrogens with zero attached hydrogens (tertiary/aromatic N) is 2. The van der Waals surface area contributed by atoms with Crippen molar-refractivity contribution in [2.45, 2.75) is 19.0 Å². The molecule has 0 spiro atoms. The number of hydrogen-bond donors (Lipinski definition) is 1. The Labute approximate surface area is 99.0 Å². The first-order chi connectivity index (χ1) is 8.25. The van der Waals surface area contributed by atoms with Crippen LogP contribution in [0.15, 0.2) is 30.3 Å². The minimum absolute atomic E-state index is 0.132. The molecule has 1 N–H and O–H groups in total. The van der Waals surface area contributed by atoms with Crippen molar-refractivity contribution >= 4 is 17.5 Å². The fourth-order valence-corrected chi connectivity index (χ4v) is 2.32. The van der Waals surface area contributed by atoms with Gasteiger partial charge in [0, 0.05) is 6.54 Å². The van der Waals surface area contributed by atoms with Crippen LogP contribution in [0.5, 0.6) is 0 Å². The molecule has 2 fully saturated rings. The molecule has 2 saturated heterocycles. The Morgan fingerprint density at radius 3 is 2.24 bits per heavy atom. The van der Waals surface area contributed by atoms with Gasteiger partial charge < -0.3 is 0 Å². The monoisotopic (exact) mass is 231 g/mol. The van der Waals surface area contributed by atoms with Crippen LogP contribution in [0.4, 0.5) is 5.69 Å². The molecule has 0 radical (unpaired) electrons. The zero-order valence-electron chi connectivity index (χ0n) is 9.46. The molecule has 0 bridgehead atoms. The minimum Gasteiger partial charge on any atom is -0.272 e. The molecule has 2 aliphatic rings. The molecule has 1 aromatic carbocycles. The van der Waals surface area contributed by atoms with E-state index in [2.05, 4.69) is 5.43 Å². The maximum atomic E-state index is 12.1. The van der Waals surface area contributed by atoms with Gasteiger partial charge in [-0.15, -0.1) is 0 Å². The number of imide groups is 1. The summed E-state index contributed by atoms with van der Waals surface area (Å²) in [6.45, 7) is 2.66. The summed E-state index contributed by atoms with van der Waals surface area (Å²) in [7, 11) is 0. The quantitative estimate of drug-likeness (QED) is 0.594. The zero-order chi connectivity index (χ0) is 12.0. The van der Waals surface area contributed by atoms with Crippen molar-refractivity contribution in [3.05, 3.63) is 30.3 Å². The summed E-state index contributed by atoms with van der Waals surface area (Å²) in [6, 6.07) is 8.45. The van der Waals surface area contributed by atoms with Gasteiger partial charge >= 0.3 is 0 Å². The van der Waals surface area contributed by atoms with Crippen LogP contribution in [0.3, 0.4) is 0 Å². The van der Waals surface area contributed by atoms with Gasteiger partial charge in [-0.25, -0.2) is 9.91 Å². The second-order valence-corrected chi connectivity index (χ2v) is 4.16. The molecule has 3 rings (SSSR count). The molecular formula is C12H13N3O2. The molecule has 88 valence electrons. The standard InChI is InChI=1S/C12H13N3O2/c1-2-13-15-9-10(15)12(17)14(11(9)16)8-6-4-3-5-7-8/h3-7,9-10,13H,2H2,1H3/t9-,10+,15?. The van der Waals surface area contributed by atoms with Crippen molar-refractivity contribution in [3.8, 4) is 0 Å². The van der Waals surface area contributed by atoms with Gasteiger partial charge in [0.1, 0.15) is 12.1 Å². The van der Waals surface area contributed by atoms with Crippen LogP contribution >= 0.6 is 0 Å². The second-order valence-electron chi connectivity index (χ2n) is 4.16. The smallest absolute Gasteiger partial charge is 0.254 e. The van der Waals surface area contributed by atoms with Gasteiger partial charge in [0.25, 0.3) is 11.8 Å². The van der Waals surface area contributed by atoms with Gasteiger partial charge in [0.05, 0.1) is 5.69 Å². The number of anilines is 1. The van der Waals surface area contributed by atoms with Crippen molar-refractivity contribution in [1.82, 2.24) is 10.4 Å². The van der Waals surface area contributed by atoms with Crippen molar-refractivity contribution in [3.63, 3.8) is 0 Å². The summed E-state index contributed by atoms with van der Waals surface area (Å²) in [5.41, 5.74) is 3.68. The SMILES string of the molecule is CCNN1[C@@H]2C(=O)N(c3ccccc3)C(=O)[C@@H]21. The van der Waals surface area contributed by atoms with Crippen molar-refractivity contribution < 1.29 is 9.59 Å². The van der Waals surface area contributed by atoms with Crippen molar-refractivity contribution in [2.24, 2.45) is 0 Å². The highest BCUT2D eigenvalue weighted by Gasteiger charge is 2.66. The van der Waals surface area contributed by atoms with E-state index < -0.39 is 0 Å². The van der Waals surface area contributed by atoms with Crippen LogP contribution in [0, 0.1) is 0 Å². The molecule has 0 aromatic heterocycles. The highest BCUT2D eigenvalue weighted by atomic mass is 16.2. The first-order valence-electron chi connectivity index (χ1n) is 5.70. The highest BCUT2D eigenvalue weighted by molar-refractivity contribution is 6.28. The predicted octanol–water partition coefficient (Wildman–Crippen LogP) is 0.137. The summed E-state index contributed by atoms with van der Waals surface area (Å²) < 4.78 is 0. The van der Waals surface area contributed by atoms with Crippen LogP contribution in [-0.4, -0.2) is 35.5 Å². The lowest BCUT2D eigenvalue weighted by atomic mass is 10.3. The number of rotatable bonds is 3. The van der Waals surface area contributed by atoms with E-state index in [-0.39, 0.29) is 23.9 Å². The largest absolute Gasteiger partial charge is 0.272 e. The first-order valence-corrected chi connectivity index (χ1v) is 5.70. The van der Waals surface area contributed by atoms with E-state index >= 15 is 0 Å². The Hall–Kier alpha value is -1.72. The number of benzene rings is 1. The lowest BCUT2D eigenvalue weighted by molar-refractivity contribution is -0.125. The number of carbonyl (C=O) groups is 2.